The van der Waals surface area contributed by atoms with Gasteiger partial charge < -0.3 is 15.5 Å². The SMILES string of the molecule is CCN(CC)C(=O)C(C)N(CC)c1ccc(CN)cc1. The van der Waals surface area contributed by atoms with Crippen molar-refractivity contribution in [2.24, 2.45) is 5.73 Å². The number of anilines is 1. The van der Waals surface area contributed by atoms with E-state index < -0.39 is 0 Å². The molecule has 0 aromatic heterocycles. The molecule has 2 N–H and O–H groups in total. The van der Waals surface area contributed by atoms with Crippen molar-refractivity contribution in [2.45, 2.75) is 40.3 Å². The number of likely N-dealkylation sites (N-methyl/N-ethyl adjacent to an activating group) is 2. The van der Waals surface area contributed by atoms with Gasteiger partial charge in [-0.3, -0.25) is 4.79 Å². The first-order valence-electron chi connectivity index (χ1n) is 7.43. The van der Waals surface area contributed by atoms with Crippen molar-refractivity contribution in [3.8, 4) is 0 Å². The van der Waals surface area contributed by atoms with E-state index >= 15 is 0 Å². The summed E-state index contributed by atoms with van der Waals surface area (Å²) < 4.78 is 0. The molecule has 0 saturated heterocycles. The molecular formula is C16H27N3O. The number of amides is 1. The summed E-state index contributed by atoms with van der Waals surface area (Å²) in [6.07, 6.45) is 0. The zero-order valence-corrected chi connectivity index (χ0v) is 13.1. The Morgan fingerprint density at radius 2 is 1.65 bits per heavy atom. The summed E-state index contributed by atoms with van der Waals surface area (Å²) in [5, 5.41) is 0. The topological polar surface area (TPSA) is 49.6 Å². The van der Waals surface area contributed by atoms with E-state index in [1.807, 2.05) is 49.9 Å². The standard InChI is InChI=1S/C16H27N3O/c1-5-18(6-2)16(20)13(4)19(7-3)15-10-8-14(12-17)9-11-15/h8-11,13H,5-7,12,17H2,1-4H3. The molecule has 1 unspecified atom stereocenters. The lowest BCUT2D eigenvalue weighted by molar-refractivity contribution is -0.131. The molecule has 1 rings (SSSR count). The highest BCUT2D eigenvalue weighted by molar-refractivity contribution is 5.85. The second kappa shape index (κ2) is 7.90. The Bertz CT molecular complexity index is 412. The lowest BCUT2D eigenvalue weighted by Gasteiger charge is -2.33. The molecule has 4 nitrogen and oxygen atoms in total. The van der Waals surface area contributed by atoms with Crippen LogP contribution >= 0.6 is 0 Å². The van der Waals surface area contributed by atoms with Gasteiger partial charge in [-0.15, -0.1) is 0 Å². The Hall–Kier alpha value is -1.55. The van der Waals surface area contributed by atoms with Gasteiger partial charge in [0.15, 0.2) is 0 Å². The van der Waals surface area contributed by atoms with Crippen LogP contribution in [0.5, 0.6) is 0 Å². The van der Waals surface area contributed by atoms with Crippen molar-refractivity contribution in [2.75, 3.05) is 24.5 Å². The van der Waals surface area contributed by atoms with Gasteiger partial charge in [-0.05, 0) is 45.4 Å². The van der Waals surface area contributed by atoms with Crippen molar-refractivity contribution in [1.29, 1.82) is 0 Å². The van der Waals surface area contributed by atoms with E-state index in [0.29, 0.717) is 6.54 Å². The number of carbonyl (C=O) groups is 1. The Labute approximate surface area is 122 Å². The van der Waals surface area contributed by atoms with Crippen molar-refractivity contribution >= 4 is 11.6 Å². The molecule has 1 aromatic carbocycles. The van der Waals surface area contributed by atoms with Crippen LogP contribution in [0.25, 0.3) is 0 Å². The monoisotopic (exact) mass is 277 g/mol. The molecule has 0 fully saturated rings. The third kappa shape index (κ3) is 3.73. The zero-order valence-electron chi connectivity index (χ0n) is 13.1. The zero-order chi connectivity index (χ0) is 15.1. The van der Waals surface area contributed by atoms with Gasteiger partial charge >= 0.3 is 0 Å². The number of hydrogen-bond acceptors (Lipinski definition) is 3. The van der Waals surface area contributed by atoms with Gasteiger partial charge in [-0.2, -0.15) is 0 Å². The van der Waals surface area contributed by atoms with Gasteiger partial charge in [0.05, 0.1) is 0 Å². The third-order valence-electron chi connectivity index (χ3n) is 3.74. The maximum Gasteiger partial charge on any atom is 0.244 e. The molecule has 0 aliphatic heterocycles. The molecule has 112 valence electrons. The smallest absolute Gasteiger partial charge is 0.244 e. The lowest BCUT2D eigenvalue weighted by atomic mass is 10.1. The van der Waals surface area contributed by atoms with Crippen LogP contribution in [0.3, 0.4) is 0 Å². The average Bonchev–Trinajstić information content (AvgIpc) is 2.49. The Morgan fingerprint density at radius 3 is 2.05 bits per heavy atom. The molecule has 20 heavy (non-hydrogen) atoms. The molecule has 0 aliphatic rings. The summed E-state index contributed by atoms with van der Waals surface area (Å²) in [5.74, 6) is 0.180. The maximum atomic E-state index is 12.5. The van der Waals surface area contributed by atoms with E-state index in [0.717, 1.165) is 30.9 Å². The largest absolute Gasteiger partial charge is 0.360 e. The Kier molecular flexibility index (Phi) is 6.52. The molecule has 0 radical (unpaired) electrons. The number of nitrogens with zero attached hydrogens (tertiary/aromatic N) is 2. The van der Waals surface area contributed by atoms with Gasteiger partial charge in [0.25, 0.3) is 0 Å². The molecule has 0 bridgehead atoms. The van der Waals surface area contributed by atoms with Crippen LogP contribution in [0.4, 0.5) is 5.69 Å². The predicted octanol–water partition coefficient (Wildman–Crippen LogP) is 2.23. The molecular weight excluding hydrogens is 250 g/mol. The average molecular weight is 277 g/mol. The van der Waals surface area contributed by atoms with Crippen molar-refractivity contribution in [3.63, 3.8) is 0 Å². The lowest BCUT2D eigenvalue weighted by Crippen LogP contribution is -2.47. The first-order valence-corrected chi connectivity index (χ1v) is 7.43. The first-order chi connectivity index (χ1) is 9.58. The van der Waals surface area contributed by atoms with E-state index in [4.69, 9.17) is 5.73 Å². The number of benzene rings is 1. The number of hydrogen-bond donors (Lipinski definition) is 1. The molecule has 4 heteroatoms. The summed E-state index contributed by atoms with van der Waals surface area (Å²) in [7, 11) is 0. The van der Waals surface area contributed by atoms with Gasteiger partial charge in [0, 0.05) is 31.9 Å². The van der Waals surface area contributed by atoms with Gasteiger partial charge in [-0.25, -0.2) is 0 Å². The summed E-state index contributed by atoms with van der Waals surface area (Å²) >= 11 is 0. The number of rotatable bonds is 7. The van der Waals surface area contributed by atoms with Gasteiger partial charge in [0.2, 0.25) is 5.91 Å². The van der Waals surface area contributed by atoms with Gasteiger partial charge in [0.1, 0.15) is 6.04 Å². The van der Waals surface area contributed by atoms with Crippen LogP contribution in [-0.2, 0) is 11.3 Å². The summed E-state index contributed by atoms with van der Waals surface area (Å²) in [6, 6.07) is 7.97. The van der Waals surface area contributed by atoms with Crippen LogP contribution in [0.2, 0.25) is 0 Å². The van der Waals surface area contributed by atoms with Crippen molar-refractivity contribution in [3.05, 3.63) is 29.8 Å². The quantitative estimate of drug-likeness (QED) is 0.831. The highest BCUT2D eigenvalue weighted by Crippen LogP contribution is 2.19. The second-order valence-corrected chi connectivity index (χ2v) is 4.84. The Morgan fingerprint density at radius 1 is 1.10 bits per heavy atom. The van der Waals surface area contributed by atoms with E-state index in [9.17, 15) is 4.79 Å². The fourth-order valence-electron chi connectivity index (χ4n) is 2.44. The van der Waals surface area contributed by atoms with Crippen LogP contribution in [-0.4, -0.2) is 36.5 Å². The summed E-state index contributed by atoms with van der Waals surface area (Å²) in [5.41, 5.74) is 7.79. The summed E-state index contributed by atoms with van der Waals surface area (Å²) in [6.45, 7) is 10.9. The normalized spacial score (nSPS) is 12.1. The Balaban J connectivity index is 2.90. The maximum absolute atomic E-state index is 12.5. The van der Waals surface area contributed by atoms with E-state index in [1.54, 1.807) is 0 Å². The summed E-state index contributed by atoms with van der Waals surface area (Å²) in [4.78, 5) is 16.5. The molecule has 0 aliphatic carbocycles. The molecule has 1 atom stereocenters. The van der Waals surface area contributed by atoms with E-state index in [2.05, 4.69) is 11.8 Å². The second-order valence-electron chi connectivity index (χ2n) is 4.84. The van der Waals surface area contributed by atoms with Crippen LogP contribution < -0.4 is 10.6 Å². The highest BCUT2D eigenvalue weighted by atomic mass is 16.2. The minimum atomic E-state index is -0.149. The van der Waals surface area contributed by atoms with Crippen LogP contribution in [0.15, 0.2) is 24.3 Å². The first kappa shape index (κ1) is 16.5. The molecule has 0 saturated carbocycles. The van der Waals surface area contributed by atoms with E-state index in [-0.39, 0.29) is 11.9 Å². The third-order valence-corrected chi connectivity index (χ3v) is 3.74. The highest BCUT2D eigenvalue weighted by Gasteiger charge is 2.23. The van der Waals surface area contributed by atoms with Crippen LogP contribution in [0.1, 0.15) is 33.3 Å². The predicted molar refractivity (Wildman–Crippen MR) is 84.7 cm³/mol. The number of carbonyl (C=O) groups excluding carboxylic acids is 1. The fraction of sp³-hybridized carbons (Fsp3) is 0.562. The minimum absolute atomic E-state index is 0.149. The van der Waals surface area contributed by atoms with Crippen molar-refractivity contribution < 1.29 is 4.79 Å². The fourth-order valence-corrected chi connectivity index (χ4v) is 2.44. The molecule has 1 amide bonds. The van der Waals surface area contributed by atoms with Gasteiger partial charge in [-0.1, -0.05) is 12.1 Å². The molecule has 0 heterocycles. The minimum Gasteiger partial charge on any atom is -0.360 e. The van der Waals surface area contributed by atoms with E-state index in [1.165, 1.54) is 0 Å². The number of nitrogens with two attached hydrogens (primary N) is 1. The molecule has 1 aromatic rings. The van der Waals surface area contributed by atoms with Crippen LogP contribution in [0, 0.1) is 0 Å². The van der Waals surface area contributed by atoms with Crippen molar-refractivity contribution in [1.82, 2.24) is 4.90 Å². The molecule has 0 spiro atoms.